The van der Waals surface area contributed by atoms with Gasteiger partial charge in [-0.05, 0) is 51.9 Å². The lowest BCUT2D eigenvalue weighted by Crippen LogP contribution is -2.41. The van der Waals surface area contributed by atoms with Crippen molar-refractivity contribution in [2.75, 3.05) is 46.8 Å². The topological polar surface area (TPSA) is 35.6 Å². The molecule has 0 aromatic heterocycles. The first-order valence-corrected chi connectivity index (χ1v) is 6.81. The van der Waals surface area contributed by atoms with Crippen LogP contribution in [0.2, 0.25) is 0 Å². The Morgan fingerprint density at radius 2 is 2.06 bits per heavy atom. The minimum atomic E-state index is 0.264. The number of hydrogen-bond donors (Lipinski definition) is 1. The van der Waals surface area contributed by atoms with Crippen molar-refractivity contribution in [3.05, 3.63) is 0 Å². The van der Waals surface area contributed by atoms with Gasteiger partial charge in [-0.15, -0.1) is 0 Å². The number of rotatable bonds is 3. The number of nitrogens with zero attached hydrogens (tertiary/aromatic N) is 2. The molecule has 0 aromatic rings. The van der Waals surface area contributed by atoms with Crippen molar-refractivity contribution in [3.63, 3.8) is 0 Å². The van der Waals surface area contributed by atoms with Crippen molar-refractivity contribution in [3.8, 4) is 0 Å². The average Bonchev–Trinajstić information content (AvgIpc) is 2.75. The molecule has 2 aliphatic heterocycles. The maximum atomic E-state index is 12.3. The second kappa shape index (κ2) is 5.83. The Morgan fingerprint density at radius 3 is 2.65 bits per heavy atom. The van der Waals surface area contributed by atoms with Crippen LogP contribution >= 0.6 is 0 Å². The van der Waals surface area contributed by atoms with Crippen LogP contribution in [0.15, 0.2) is 0 Å². The van der Waals surface area contributed by atoms with Crippen LogP contribution in [0.4, 0.5) is 0 Å². The smallest absolute Gasteiger partial charge is 0.225 e. The summed E-state index contributed by atoms with van der Waals surface area (Å²) in [4.78, 5) is 16.6. The van der Waals surface area contributed by atoms with Gasteiger partial charge in [0.2, 0.25) is 5.91 Å². The van der Waals surface area contributed by atoms with Gasteiger partial charge in [-0.25, -0.2) is 0 Å². The molecular weight excluding hydrogens is 214 g/mol. The summed E-state index contributed by atoms with van der Waals surface area (Å²) >= 11 is 0. The van der Waals surface area contributed by atoms with E-state index in [1.165, 1.54) is 13.0 Å². The van der Waals surface area contributed by atoms with E-state index in [1.807, 2.05) is 11.9 Å². The fourth-order valence-corrected chi connectivity index (χ4v) is 3.03. The zero-order chi connectivity index (χ0) is 12.3. The van der Waals surface area contributed by atoms with Crippen LogP contribution in [0.5, 0.6) is 0 Å². The number of hydrogen-bond acceptors (Lipinski definition) is 3. The van der Waals surface area contributed by atoms with Crippen LogP contribution in [0, 0.1) is 11.8 Å². The van der Waals surface area contributed by atoms with Gasteiger partial charge in [0.1, 0.15) is 0 Å². The first-order chi connectivity index (χ1) is 8.16. The van der Waals surface area contributed by atoms with Crippen LogP contribution in [-0.2, 0) is 4.79 Å². The lowest BCUT2D eigenvalue weighted by Gasteiger charge is -2.28. The molecule has 0 aliphatic carbocycles. The lowest BCUT2D eigenvalue weighted by atomic mass is 9.96. The van der Waals surface area contributed by atoms with Gasteiger partial charge >= 0.3 is 0 Å². The van der Waals surface area contributed by atoms with E-state index in [1.54, 1.807) is 0 Å². The van der Waals surface area contributed by atoms with E-state index in [4.69, 9.17) is 0 Å². The summed E-state index contributed by atoms with van der Waals surface area (Å²) in [5.41, 5.74) is 0. The van der Waals surface area contributed by atoms with Crippen LogP contribution in [0.1, 0.15) is 19.3 Å². The van der Waals surface area contributed by atoms with Crippen molar-refractivity contribution in [2.45, 2.75) is 19.3 Å². The van der Waals surface area contributed by atoms with Gasteiger partial charge in [0.05, 0.1) is 0 Å². The zero-order valence-electron chi connectivity index (χ0n) is 11.1. The normalized spacial score (nSPS) is 27.3. The summed E-state index contributed by atoms with van der Waals surface area (Å²) in [6.07, 6.45) is 3.25. The summed E-state index contributed by atoms with van der Waals surface area (Å²) in [6, 6.07) is 0. The highest BCUT2D eigenvalue weighted by molar-refractivity contribution is 5.78. The third-order valence-electron chi connectivity index (χ3n) is 4.09. The van der Waals surface area contributed by atoms with Gasteiger partial charge in [0.25, 0.3) is 0 Å². The molecule has 1 N–H and O–H groups in total. The molecule has 2 rings (SSSR count). The second-order valence-electron chi connectivity index (χ2n) is 5.66. The van der Waals surface area contributed by atoms with Gasteiger partial charge in [-0.2, -0.15) is 0 Å². The minimum absolute atomic E-state index is 0.264. The zero-order valence-corrected chi connectivity index (χ0v) is 11.1. The fourth-order valence-electron chi connectivity index (χ4n) is 3.03. The van der Waals surface area contributed by atoms with Crippen LogP contribution < -0.4 is 5.32 Å². The molecule has 1 atom stereocenters. The molecule has 98 valence electrons. The first-order valence-electron chi connectivity index (χ1n) is 6.81. The molecule has 2 fully saturated rings. The van der Waals surface area contributed by atoms with Gasteiger partial charge in [-0.1, -0.05) is 0 Å². The lowest BCUT2D eigenvalue weighted by molar-refractivity contribution is -0.135. The van der Waals surface area contributed by atoms with Gasteiger partial charge in [0.15, 0.2) is 0 Å². The first kappa shape index (κ1) is 12.8. The van der Waals surface area contributed by atoms with Gasteiger partial charge in [0, 0.05) is 26.1 Å². The summed E-state index contributed by atoms with van der Waals surface area (Å²) in [5, 5.41) is 3.31. The largest absolute Gasteiger partial charge is 0.345 e. The maximum Gasteiger partial charge on any atom is 0.225 e. The Morgan fingerprint density at radius 1 is 1.35 bits per heavy atom. The molecule has 0 spiro atoms. The maximum absolute atomic E-state index is 12.3. The van der Waals surface area contributed by atoms with E-state index in [0.29, 0.717) is 11.8 Å². The van der Waals surface area contributed by atoms with Gasteiger partial charge in [-0.3, -0.25) is 4.79 Å². The van der Waals surface area contributed by atoms with Crippen LogP contribution in [0.3, 0.4) is 0 Å². The predicted octanol–water partition coefficient (Wildman–Crippen LogP) is 0.396. The molecule has 2 aliphatic rings. The molecule has 4 nitrogen and oxygen atoms in total. The Bertz CT molecular complexity index is 263. The fraction of sp³-hybridized carbons (Fsp3) is 0.923. The Hall–Kier alpha value is -0.610. The van der Waals surface area contributed by atoms with Gasteiger partial charge < -0.3 is 15.1 Å². The second-order valence-corrected chi connectivity index (χ2v) is 5.66. The molecule has 0 radical (unpaired) electrons. The number of amides is 1. The number of nitrogens with one attached hydrogen (secondary N) is 1. The Labute approximate surface area is 104 Å². The monoisotopic (exact) mass is 239 g/mol. The van der Waals surface area contributed by atoms with E-state index in [0.717, 1.165) is 39.0 Å². The molecule has 0 saturated carbocycles. The van der Waals surface area contributed by atoms with E-state index in [9.17, 15) is 4.79 Å². The van der Waals surface area contributed by atoms with E-state index < -0.39 is 0 Å². The minimum Gasteiger partial charge on any atom is -0.345 e. The average molecular weight is 239 g/mol. The van der Waals surface area contributed by atoms with Crippen molar-refractivity contribution < 1.29 is 4.79 Å². The molecule has 2 saturated heterocycles. The van der Waals surface area contributed by atoms with Crippen molar-refractivity contribution >= 4 is 5.91 Å². The molecule has 4 heteroatoms. The summed E-state index contributed by atoms with van der Waals surface area (Å²) in [7, 11) is 4.14. The molecule has 17 heavy (non-hydrogen) atoms. The Balaban J connectivity index is 1.78. The van der Waals surface area contributed by atoms with Crippen LogP contribution in [-0.4, -0.2) is 62.5 Å². The summed E-state index contributed by atoms with van der Waals surface area (Å²) < 4.78 is 0. The number of carbonyl (C=O) groups is 1. The third kappa shape index (κ3) is 3.42. The molecule has 0 bridgehead atoms. The van der Waals surface area contributed by atoms with E-state index >= 15 is 0 Å². The van der Waals surface area contributed by atoms with E-state index in [2.05, 4.69) is 17.3 Å². The highest BCUT2D eigenvalue weighted by atomic mass is 16.2. The highest BCUT2D eigenvalue weighted by Gasteiger charge is 2.27. The van der Waals surface area contributed by atoms with Crippen molar-refractivity contribution in [1.29, 1.82) is 0 Å². The molecule has 1 amide bonds. The van der Waals surface area contributed by atoms with E-state index in [-0.39, 0.29) is 5.92 Å². The highest BCUT2D eigenvalue weighted by Crippen LogP contribution is 2.18. The molecule has 0 aromatic carbocycles. The molecule has 1 unspecified atom stereocenters. The number of carbonyl (C=O) groups excluding carboxylic acids is 1. The number of piperidine rings is 1. The standard InChI is InChI=1S/C13H25N3O/c1-15-8-5-11(9-15)10-16(2)13(17)12-3-6-14-7-4-12/h11-12,14H,3-10H2,1-2H3. The van der Waals surface area contributed by atoms with Crippen molar-refractivity contribution in [2.24, 2.45) is 11.8 Å². The quantitative estimate of drug-likeness (QED) is 0.774. The van der Waals surface area contributed by atoms with Crippen LogP contribution in [0.25, 0.3) is 0 Å². The molecule has 2 heterocycles. The number of likely N-dealkylation sites (tertiary alicyclic amines) is 1. The molecular formula is C13H25N3O. The summed E-state index contributed by atoms with van der Waals surface area (Å²) in [6.45, 7) is 5.25. The predicted molar refractivity (Wildman–Crippen MR) is 68.8 cm³/mol. The van der Waals surface area contributed by atoms with Crippen molar-refractivity contribution in [1.82, 2.24) is 15.1 Å². The Kier molecular flexibility index (Phi) is 4.40. The third-order valence-corrected chi connectivity index (χ3v) is 4.09. The SMILES string of the molecule is CN1CCC(CN(C)C(=O)C2CCNCC2)C1. The summed E-state index contributed by atoms with van der Waals surface area (Å²) in [5.74, 6) is 1.30.